The van der Waals surface area contributed by atoms with E-state index in [0.717, 1.165) is 103 Å². The molecule has 67 heavy (non-hydrogen) atoms. The SMILES string of the molecule is CC/C=C/C=C/C=C/CCCCCCCC(=O)OCC(COC(=O)CCCCCCCCCCCC/C=C/C=C/CCCCC)OC(=O)CCC/C=C/C/C=C/C/C=C/C/C=C/C/C=C/CC. The van der Waals surface area contributed by atoms with Crippen molar-refractivity contribution in [2.24, 2.45) is 0 Å². The Morgan fingerprint density at radius 3 is 1.12 bits per heavy atom. The molecule has 0 saturated heterocycles. The van der Waals surface area contributed by atoms with Crippen molar-refractivity contribution in [2.75, 3.05) is 13.2 Å². The van der Waals surface area contributed by atoms with Crippen LogP contribution in [0.5, 0.6) is 0 Å². The average molecular weight is 927 g/mol. The zero-order chi connectivity index (χ0) is 48.6. The van der Waals surface area contributed by atoms with E-state index in [1.54, 1.807) is 0 Å². The van der Waals surface area contributed by atoms with Gasteiger partial charge in [-0.05, 0) is 103 Å². The van der Waals surface area contributed by atoms with Crippen molar-refractivity contribution in [1.29, 1.82) is 0 Å². The lowest BCUT2D eigenvalue weighted by molar-refractivity contribution is -0.167. The van der Waals surface area contributed by atoms with Gasteiger partial charge in [0, 0.05) is 19.3 Å². The van der Waals surface area contributed by atoms with Gasteiger partial charge in [-0.3, -0.25) is 14.4 Å². The Morgan fingerprint density at radius 2 is 0.672 bits per heavy atom. The summed E-state index contributed by atoms with van der Waals surface area (Å²) in [6.45, 7) is 6.29. The third kappa shape index (κ3) is 52.6. The van der Waals surface area contributed by atoms with E-state index in [4.69, 9.17) is 14.2 Å². The lowest BCUT2D eigenvalue weighted by atomic mass is 10.1. The minimum Gasteiger partial charge on any atom is -0.462 e. The van der Waals surface area contributed by atoms with Crippen molar-refractivity contribution >= 4 is 17.9 Å². The van der Waals surface area contributed by atoms with Crippen LogP contribution in [0.3, 0.4) is 0 Å². The van der Waals surface area contributed by atoms with Gasteiger partial charge in [-0.15, -0.1) is 0 Å². The van der Waals surface area contributed by atoms with Crippen molar-refractivity contribution in [3.05, 3.63) is 122 Å². The Morgan fingerprint density at radius 1 is 0.328 bits per heavy atom. The molecule has 1 unspecified atom stereocenters. The first-order chi connectivity index (χ1) is 33.0. The fourth-order valence-electron chi connectivity index (χ4n) is 7.00. The molecule has 0 aliphatic carbocycles. The van der Waals surface area contributed by atoms with Gasteiger partial charge in [-0.1, -0.05) is 226 Å². The number of unbranched alkanes of at least 4 members (excludes halogenated alkanes) is 19. The van der Waals surface area contributed by atoms with E-state index >= 15 is 0 Å². The van der Waals surface area contributed by atoms with Crippen molar-refractivity contribution in [3.63, 3.8) is 0 Å². The van der Waals surface area contributed by atoms with Gasteiger partial charge in [0.05, 0.1) is 0 Å². The van der Waals surface area contributed by atoms with Crippen molar-refractivity contribution < 1.29 is 28.6 Å². The largest absolute Gasteiger partial charge is 0.462 e. The molecule has 0 bridgehead atoms. The summed E-state index contributed by atoms with van der Waals surface area (Å²) in [6.07, 6.45) is 74.7. The first-order valence-electron chi connectivity index (χ1n) is 27.1. The molecule has 0 radical (unpaired) electrons. The highest BCUT2D eigenvalue weighted by atomic mass is 16.6. The summed E-state index contributed by atoms with van der Waals surface area (Å²) in [5, 5.41) is 0. The first kappa shape index (κ1) is 62.8. The second kappa shape index (κ2) is 54.4. The van der Waals surface area contributed by atoms with Gasteiger partial charge in [-0.25, -0.2) is 0 Å². The molecule has 0 fully saturated rings. The number of hydrogen-bond acceptors (Lipinski definition) is 6. The monoisotopic (exact) mass is 927 g/mol. The molecular formula is C61H98O6. The van der Waals surface area contributed by atoms with E-state index in [1.165, 1.54) is 77.0 Å². The number of carbonyl (C=O) groups excluding carboxylic acids is 3. The van der Waals surface area contributed by atoms with Crippen LogP contribution >= 0.6 is 0 Å². The zero-order valence-corrected chi connectivity index (χ0v) is 43.1. The molecule has 378 valence electrons. The summed E-state index contributed by atoms with van der Waals surface area (Å²) in [5.74, 6) is -1.00. The van der Waals surface area contributed by atoms with Crippen molar-refractivity contribution in [2.45, 2.75) is 232 Å². The number of esters is 3. The topological polar surface area (TPSA) is 78.9 Å². The smallest absolute Gasteiger partial charge is 0.306 e. The average Bonchev–Trinajstić information content (AvgIpc) is 3.33. The van der Waals surface area contributed by atoms with Gasteiger partial charge in [0.2, 0.25) is 0 Å². The molecule has 0 saturated carbocycles. The van der Waals surface area contributed by atoms with Crippen LogP contribution in [0.1, 0.15) is 226 Å². The zero-order valence-electron chi connectivity index (χ0n) is 43.1. The molecule has 0 aromatic heterocycles. The van der Waals surface area contributed by atoms with Gasteiger partial charge in [0.15, 0.2) is 6.10 Å². The molecule has 0 aliphatic rings. The Kier molecular flexibility index (Phi) is 51.0. The number of carbonyl (C=O) groups is 3. The van der Waals surface area contributed by atoms with E-state index in [0.29, 0.717) is 19.3 Å². The highest BCUT2D eigenvalue weighted by Crippen LogP contribution is 2.14. The third-order valence-corrected chi connectivity index (χ3v) is 11.0. The highest BCUT2D eigenvalue weighted by Gasteiger charge is 2.19. The Balaban J connectivity index is 4.50. The Bertz CT molecular complexity index is 1440. The van der Waals surface area contributed by atoms with Gasteiger partial charge >= 0.3 is 17.9 Å². The summed E-state index contributed by atoms with van der Waals surface area (Å²) >= 11 is 0. The predicted molar refractivity (Wildman–Crippen MR) is 288 cm³/mol. The lowest BCUT2D eigenvalue weighted by Crippen LogP contribution is -2.30. The summed E-state index contributed by atoms with van der Waals surface area (Å²) in [6, 6.07) is 0. The summed E-state index contributed by atoms with van der Waals surface area (Å²) < 4.78 is 16.8. The van der Waals surface area contributed by atoms with Crippen LogP contribution < -0.4 is 0 Å². The van der Waals surface area contributed by atoms with Gasteiger partial charge in [0.25, 0.3) is 0 Å². The molecule has 0 aromatic carbocycles. The summed E-state index contributed by atoms with van der Waals surface area (Å²) in [5.41, 5.74) is 0. The molecule has 0 N–H and O–H groups in total. The normalized spacial score (nSPS) is 13.1. The molecular weight excluding hydrogens is 829 g/mol. The van der Waals surface area contributed by atoms with Crippen LogP contribution in [-0.2, 0) is 28.6 Å². The molecule has 0 rings (SSSR count). The standard InChI is InChI=1S/C61H98O6/c1-4-7-10-13-16-19-22-25-27-29-30-32-33-36-39-42-45-48-51-54-60(63)66-57-58(56-65-59(62)53-50-47-44-41-38-35-24-21-18-15-12-9-6-3)67-61(64)55-52-49-46-43-40-37-34-31-28-26-23-20-17-14-11-8-5-2/h8-9,11-12,15-22,24-26,28,34,37,43,46,58H,4-7,10,13-14,23,27,29-33,35-36,38-42,44-45,47-57H2,1-3H3/b11-8+,12-9+,18-15+,19-16+,20-17+,24-21+,25-22+,28-26+,37-34+,46-43+. The molecule has 1 atom stereocenters. The quantitative estimate of drug-likeness (QED) is 0.0199. The Hall–Kier alpha value is -4.19. The minimum absolute atomic E-state index is 0.112. The molecule has 6 heteroatoms. The number of hydrogen-bond donors (Lipinski definition) is 0. The third-order valence-electron chi connectivity index (χ3n) is 11.0. The van der Waals surface area contributed by atoms with Crippen molar-refractivity contribution in [1.82, 2.24) is 0 Å². The molecule has 0 spiro atoms. The maximum absolute atomic E-state index is 12.8. The molecule has 0 aliphatic heterocycles. The fraction of sp³-hybridized carbons (Fsp3) is 0.623. The minimum atomic E-state index is -0.821. The molecule has 6 nitrogen and oxygen atoms in total. The van der Waals surface area contributed by atoms with Gasteiger partial charge < -0.3 is 14.2 Å². The number of allylic oxidation sites excluding steroid dienone is 20. The van der Waals surface area contributed by atoms with Crippen LogP contribution in [-0.4, -0.2) is 37.2 Å². The predicted octanol–water partition coefficient (Wildman–Crippen LogP) is 18.1. The van der Waals surface area contributed by atoms with Gasteiger partial charge in [-0.2, -0.15) is 0 Å². The lowest BCUT2D eigenvalue weighted by Gasteiger charge is -2.18. The van der Waals surface area contributed by atoms with E-state index in [2.05, 4.69) is 142 Å². The van der Waals surface area contributed by atoms with Gasteiger partial charge in [0.1, 0.15) is 13.2 Å². The first-order valence-corrected chi connectivity index (χ1v) is 27.1. The van der Waals surface area contributed by atoms with E-state index in [9.17, 15) is 14.4 Å². The van der Waals surface area contributed by atoms with Crippen molar-refractivity contribution in [3.8, 4) is 0 Å². The van der Waals surface area contributed by atoms with E-state index in [-0.39, 0.29) is 37.5 Å². The van der Waals surface area contributed by atoms with E-state index in [1.807, 2.05) is 0 Å². The van der Waals surface area contributed by atoms with Crippen LogP contribution in [0, 0.1) is 0 Å². The van der Waals surface area contributed by atoms with E-state index < -0.39 is 6.10 Å². The summed E-state index contributed by atoms with van der Waals surface area (Å²) in [4.78, 5) is 38.1. The Labute approximate surface area is 412 Å². The maximum Gasteiger partial charge on any atom is 0.306 e. The maximum atomic E-state index is 12.8. The van der Waals surface area contributed by atoms with Crippen LogP contribution in [0.2, 0.25) is 0 Å². The van der Waals surface area contributed by atoms with Crippen LogP contribution in [0.4, 0.5) is 0 Å². The van der Waals surface area contributed by atoms with Crippen LogP contribution in [0.15, 0.2) is 122 Å². The number of rotatable bonds is 47. The molecule has 0 aromatic rings. The molecule has 0 heterocycles. The second-order valence-electron chi connectivity index (χ2n) is 17.5. The molecule has 0 amide bonds. The highest BCUT2D eigenvalue weighted by molar-refractivity contribution is 5.71. The second-order valence-corrected chi connectivity index (χ2v) is 17.5. The number of ether oxygens (including phenoxy) is 3. The fourth-order valence-corrected chi connectivity index (χ4v) is 7.00. The van der Waals surface area contributed by atoms with Crippen LogP contribution in [0.25, 0.3) is 0 Å². The summed E-state index contributed by atoms with van der Waals surface area (Å²) in [7, 11) is 0.